The van der Waals surface area contributed by atoms with Gasteiger partial charge in [0.1, 0.15) is 6.33 Å². The average Bonchev–Trinajstić information content (AvgIpc) is 2.18. The van der Waals surface area contributed by atoms with Crippen molar-refractivity contribution >= 4 is 17.9 Å². The molecule has 1 aromatic heterocycles. The Morgan fingerprint density at radius 2 is 2.07 bits per heavy atom. The van der Waals surface area contributed by atoms with Crippen LogP contribution in [0.25, 0.3) is 0 Å². The zero-order valence-electron chi connectivity index (χ0n) is 8.66. The van der Waals surface area contributed by atoms with Gasteiger partial charge in [0.2, 0.25) is 0 Å². The monoisotopic (exact) mass is 207 g/mol. The Morgan fingerprint density at radius 1 is 1.47 bits per heavy atom. The van der Waals surface area contributed by atoms with Crippen LogP contribution >= 0.6 is 0 Å². The van der Waals surface area contributed by atoms with Crippen molar-refractivity contribution in [3.63, 3.8) is 0 Å². The van der Waals surface area contributed by atoms with Crippen LogP contribution in [-0.4, -0.2) is 27.3 Å². The lowest BCUT2D eigenvalue weighted by Gasteiger charge is -2.09. The van der Waals surface area contributed by atoms with Crippen LogP contribution in [0.4, 0.5) is 5.69 Å². The van der Waals surface area contributed by atoms with E-state index in [2.05, 4.69) is 15.0 Å². The van der Waals surface area contributed by atoms with Gasteiger partial charge in [0.05, 0.1) is 24.0 Å². The molecule has 80 valence electrons. The summed E-state index contributed by atoms with van der Waals surface area (Å²) in [6.07, 6.45) is 5.88. The number of hydrogen-bond acceptors (Lipinski definition) is 4. The predicted molar refractivity (Wildman–Crippen MR) is 56.1 cm³/mol. The van der Waals surface area contributed by atoms with Crippen LogP contribution < -0.4 is 0 Å². The Labute approximate surface area is 87.9 Å². The summed E-state index contributed by atoms with van der Waals surface area (Å²) in [5.74, 6) is -1.44. The first-order chi connectivity index (χ1) is 7.11. The molecular weight excluding hydrogens is 194 g/mol. The third kappa shape index (κ3) is 3.46. The van der Waals surface area contributed by atoms with E-state index in [1.807, 2.05) is 13.8 Å². The van der Waals surface area contributed by atoms with E-state index in [0.29, 0.717) is 5.69 Å². The van der Waals surface area contributed by atoms with E-state index in [9.17, 15) is 4.79 Å². The number of carboxylic acids is 1. The molecule has 1 heterocycles. The number of rotatable bonds is 4. The molecule has 0 spiro atoms. The van der Waals surface area contributed by atoms with E-state index in [4.69, 9.17) is 5.11 Å². The zero-order valence-corrected chi connectivity index (χ0v) is 8.66. The molecule has 0 bridgehead atoms. The number of aliphatic carboxylic acids is 1. The van der Waals surface area contributed by atoms with Crippen LogP contribution in [-0.2, 0) is 4.79 Å². The summed E-state index contributed by atoms with van der Waals surface area (Å²) in [6, 6.07) is 0. The van der Waals surface area contributed by atoms with Gasteiger partial charge in [0.15, 0.2) is 0 Å². The highest BCUT2D eigenvalue weighted by molar-refractivity contribution is 5.89. The van der Waals surface area contributed by atoms with E-state index >= 15 is 0 Å². The summed E-state index contributed by atoms with van der Waals surface area (Å²) in [6.45, 7) is 3.68. The molecule has 1 unspecified atom stereocenters. The topological polar surface area (TPSA) is 75.4 Å². The molecule has 15 heavy (non-hydrogen) atoms. The van der Waals surface area contributed by atoms with Gasteiger partial charge in [-0.2, -0.15) is 0 Å². The van der Waals surface area contributed by atoms with Gasteiger partial charge in [-0.15, -0.1) is 0 Å². The summed E-state index contributed by atoms with van der Waals surface area (Å²) < 4.78 is 0. The molecule has 5 nitrogen and oxygen atoms in total. The maximum Gasteiger partial charge on any atom is 0.312 e. The third-order valence-electron chi connectivity index (χ3n) is 1.93. The second-order valence-corrected chi connectivity index (χ2v) is 3.48. The van der Waals surface area contributed by atoms with Crippen molar-refractivity contribution in [3.05, 3.63) is 18.7 Å². The minimum absolute atomic E-state index is 0.0101. The number of aliphatic imine (C=N–C) groups is 1. The molecule has 0 amide bonds. The molecule has 0 radical (unpaired) electrons. The first-order valence-electron chi connectivity index (χ1n) is 4.63. The van der Waals surface area contributed by atoms with Crippen LogP contribution in [0.15, 0.2) is 23.7 Å². The van der Waals surface area contributed by atoms with Gasteiger partial charge in [-0.25, -0.2) is 9.97 Å². The predicted octanol–water partition coefficient (Wildman–Crippen LogP) is 1.54. The largest absolute Gasteiger partial charge is 0.481 e. The summed E-state index contributed by atoms with van der Waals surface area (Å²) >= 11 is 0. The number of hydrogen-bond donors (Lipinski definition) is 1. The van der Waals surface area contributed by atoms with Crippen molar-refractivity contribution in [2.75, 3.05) is 0 Å². The molecule has 0 fully saturated rings. The maximum absolute atomic E-state index is 10.8. The number of nitrogens with zero attached hydrogens (tertiary/aromatic N) is 3. The van der Waals surface area contributed by atoms with Gasteiger partial charge in [-0.1, -0.05) is 13.8 Å². The lowest BCUT2D eigenvalue weighted by molar-refractivity contribution is -0.140. The molecule has 1 atom stereocenters. The van der Waals surface area contributed by atoms with Crippen molar-refractivity contribution in [2.24, 2.45) is 16.8 Å². The molecule has 0 aromatic carbocycles. The molecular formula is C10H13N3O2. The molecule has 1 N–H and O–H groups in total. The van der Waals surface area contributed by atoms with Crippen molar-refractivity contribution in [1.82, 2.24) is 9.97 Å². The van der Waals surface area contributed by atoms with Gasteiger partial charge >= 0.3 is 5.97 Å². The normalized spacial score (nSPS) is 13.3. The number of aromatic nitrogens is 2. The van der Waals surface area contributed by atoms with Gasteiger partial charge < -0.3 is 5.11 Å². The quantitative estimate of drug-likeness (QED) is 0.760. The van der Waals surface area contributed by atoms with E-state index in [-0.39, 0.29) is 5.92 Å². The summed E-state index contributed by atoms with van der Waals surface area (Å²) in [5.41, 5.74) is 0.560. The highest BCUT2D eigenvalue weighted by atomic mass is 16.4. The fourth-order valence-corrected chi connectivity index (χ4v) is 1.05. The van der Waals surface area contributed by atoms with E-state index in [1.54, 1.807) is 0 Å². The number of carbonyl (C=O) groups is 1. The molecule has 5 heteroatoms. The van der Waals surface area contributed by atoms with Crippen molar-refractivity contribution < 1.29 is 9.90 Å². The second kappa shape index (κ2) is 5.19. The average molecular weight is 207 g/mol. The molecule has 0 aliphatic heterocycles. The molecule has 0 aliphatic rings. The van der Waals surface area contributed by atoms with E-state index in [1.165, 1.54) is 24.9 Å². The van der Waals surface area contributed by atoms with Crippen LogP contribution in [0.3, 0.4) is 0 Å². The van der Waals surface area contributed by atoms with Crippen molar-refractivity contribution in [2.45, 2.75) is 13.8 Å². The maximum atomic E-state index is 10.8. The SMILES string of the molecule is CC(C)C(C=Nc1cncnc1)C(=O)O. The summed E-state index contributed by atoms with van der Waals surface area (Å²) in [5, 5.41) is 8.90. The molecule has 0 saturated carbocycles. The van der Waals surface area contributed by atoms with Gasteiger partial charge in [0.25, 0.3) is 0 Å². The molecule has 1 aromatic rings. The third-order valence-corrected chi connectivity index (χ3v) is 1.93. The smallest absolute Gasteiger partial charge is 0.312 e. The van der Waals surface area contributed by atoms with Crippen LogP contribution in [0, 0.1) is 11.8 Å². The Hall–Kier alpha value is -1.78. The highest BCUT2D eigenvalue weighted by Gasteiger charge is 2.18. The lowest BCUT2D eigenvalue weighted by atomic mass is 9.97. The standard InChI is InChI=1S/C10H13N3O2/c1-7(2)9(10(14)15)5-13-8-3-11-6-12-4-8/h3-7,9H,1-2H3,(H,14,15). The molecule has 0 saturated heterocycles. The zero-order chi connectivity index (χ0) is 11.3. The Balaban J connectivity index is 2.75. The lowest BCUT2D eigenvalue weighted by Crippen LogP contribution is -2.20. The van der Waals surface area contributed by atoms with Crippen molar-refractivity contribution in [1.29, 1.82) is 0 Å². The highest BCUT2D eigenvalue weighted by Crippen LogP contribution is 2.11. The minimum Gasteiger partial charge on any atom is -0.481 e. The first-order valence-corrected chi connectivity index (χ1v) is 4.63. The van der Waals surface area contributed by atoms with Gasteiger partial charge in [-0.05, 0) is 5.92 Å². The number of carboxylic acid groups (broad SMARTS) is 1. The Kier molecular flexibility index (Phi) is 3.91. The molecule has 1 rings (SSSR count). The summed E-state index contributed by atoms with van der Waals surface area (Å²) in [4.78, 5) is 22.4. The summed E-state index contributed by atoms with van der Waals surface area (Å²) in [7, 11) is 0. The Morgan fingerprint density at radius 3 is 2.53 bits per heavy atom. The fourth-order valence-electron chi connectivity index (χ4n) is 1.05. The molecule has 0 aliphatic carbocycles. The van der Waals surface area contributed by atoms with Crippen LogP contribution in [0.5, 0.6) is 0 Å². The van der Waals surface area contributed by atoms with Crippen LogP contribution in [0.1, 0.15) is 13.8 Å². The van der Waals surface area contributed by atoms with E-state index < -0.39 is 11.9 Å². The van der Waals surface area contributed by atoms with Gasteiger partial charge in [0, 0.05) is 6.21 Å². The first kappa shape index (κ1) is 11.3. The second-order valence-electron chi connectivity index (χ2n) is 3.48. The van der Waals surface area contributed by atoms with Crippen LogP contribution in [0.2, 0.25) is 0 Å². The van der Waals surface area contributed by atoms with Crippen molar-refractivity contribution in [3.8, 4) is 0 Å². The Bertz CT molecular complexity index is 349. The van der Waals surface area contributed by atoms with Gasteiger partial charge in [-0.3, -0.25) is 9.79 Å². The fraction of sp³-hybridized carbons (Fsp3) is 0.400. The van der Waals surface area contributed by atoms with E-state index in [0.717, 1.165) is 0 Å². The minimum atomic E-state index is -0.870.